The molecule has 1 aliphatic rings. The van der Waals surface area contributed by atoms with E-state index in [9.17, 15) is 35.2 Å². The number of carbonyl (C=O) groups is 1. The highest BCUT2D eigenvalue weighted by Crippen LogP contribution is 2.32. The maximum Gasteiger partial charge on any atom is 0.416 e. The average Bonchev–Trinajstić information content (AvgIpc) is 3.33. The molecule has 0 bridgehead atoms. The van der Waals surface area contributed by atoms with Crippen LogP contribution in [0, 0.1) is 11.6 Å². The van der Waals surface area contributed by atoms with Gasteiger partial charge >= 0.3 is 6.18 Å². The zero-order valence-electron chi connectivity index (χ0n) is 18.5. The Morgan fingerprint density at radius 3 is 2.44 bits per heavy atom. The molecule has 36 heavy (non-hydrogen) atoms. The van der Waals surface area contributed by atoms with Gasteiger partial charge in [-0.1, -0.05) is 0 Å². The summed E-state index contributed by atoms with van der Waals surface area (Å²) in [5.41, 5.74) is -1.06. The van der Waals surface area contributed by atoms with Gasteiger partial charge in [0.2, 0.25) is 15.9 Å². The summed E-state index contributed by atoms with van der Waals surface area (Å²) in [6.45, 7) is -0.0415. The third kappa shape index (κ3) is 5.36. The van der Waals surface area contributed by atoms with Crippen LogP contribution in [-0.2, 0) is 27.5 Å². The second-order valence-corrected chi connectivity index (χ2v) is 9.92. The fourth-order valence-corrected chi connectivity index (χ4v) is 5.52. The summed E-state index contributed by atoms with van der Waals surface area (Å²) in [4.78, 5) is 20.5. The fourth-order valence-electron chi connectivity index (χ4n) is 3.87. The summed E-state index contributed by atoms with van der Waals surface area (Å²) in [5, 5.41) is 2.59. The highest BCUT2D eigenvalue weighted by atomic mass is 32.2. The Bertz CT molecular complexity index is 1380. The molecule has 2 heterocycles. The molecule has 1 N–H and O–H groups in total. The minimum Gasteiger partial charge on any atom is -0.349 e. The molecule has 1 amide bonds. The van der Waals surface area contributed by atoms with Gasteiger partial charge in [-0.2, -0.15) is 17.5 Å². The van der Waals surface area contributed by atoms with Crippen LogP contribution in [0.1, 0.15) is 24.1 Å². The van der Waals surface area contributed by atoms with Crippen molar-refractivity contribution in [1.82, 2.24) is 19.6 Å². The van der Waals surface area contributed by atoms with Crippen molar-refractivity contribution in [3.8, 4) is 11.3 Å². The van der Waals surface area contributed by atoms with Crippen LogP contribution in [0.15, 0.2) is 59.8 Å². The number of aromatic nitrogens is 2. The summed E-state index contributed by atoms with van der Waals surface area (Å²) in [6.07, 6.45) is -2.89. The normalized spacial score (nSPS) is 16.8. The molecule has 1 unspecified atom stereocenters. The van der Waals surface area contributed by atoms with Crippen molar-refractivity contribution in [2.75, 3.05) is 6.54 Å². The van der Waals surface area contributed by atoms with Gasteiger partial charge in [-0.05, 0) is 61.4 Å². The minimum absolute atomic E-state index is 0.0156. The monoisotopic (exact) mass is 526 g/mol. The van der Waals surface area contributed by atoms with E-state index in [2.05, 4.69) is 15.3 Å². The van der Waals surface area contributed by atoms with Crippen LogP contribution in [0.2, 0.25) is 0 Å². The molecule has 1 aromatic heterocycles. The zero-order chi connectivity index (χ0) is 26.1. The molecule has 1 atom stereocenters. The Kier molecular flexibility index (Phi) is 7.05. The van der Waals surface area contributed by atoms with Crippen molar-refractivity contribution in [3.63, 3.8) is 0 Å². The molecule has 2 aromatic carbocycles. The molecule has 13 heteroatoms. The SMILES string of the molecule is O=C(NCc1cc(-c2ccc(C(F)(F)F)cc2F)ncn1)C1CCCN1S(=O)(=O)c1ccc(F)cc1. The van der Waals surface area contributed by atoms with Crippen LogP contribution in [0.5, 0.6) is 0 Å². The second-order valence-electron chi connectivity index (χ2n) is 8.03. The number of hydrogen-bond donors (Lipinski definition) is 1. The molecule has 0 saturated carbocycles. The number of amides is 1. The molecule has 1 aliphatic heterocycles. The van der Waals surface area contributed by atoms with E-state index in [0.717, 1.165) is 47.0 Å². The molecule has 7 nitrogen and oxygen atoms in total. The maximum atomic E-state index is 14.3. The van der Waals surface area contributed by atoms with E-state index in [-0.39, 0.29) is 41.4 Å². The van der Waals surface area contributed by atoms with Crippen molar-refractivity contribution >= 4 is 15.9 Å². The van der Waals surface area contributed by atoms with Crippen molar-refractivity contribution in [3.05, 3.63) is 77.8 Å². The average molecular weight is 526 g/mol. The Labute approximate surface area is 203 Å². The van der Waals surface area contributed by atoms with E-state index < -0.39 is 45.3 Å². The van der Waals surface area contributed by atoms with Crippen LogP contribution in [0.4, 0.5) is 22.0 Å². The van der Waals surface area contributed by atoms with Crippen molar-refractivity contribution in [2.45, 2.75) is 36.5 Å². The first kappa shape index (κ1) is 25.6. The lowest BCUT2D eigenvalue weighted by Gasteiger charge is -2.23. The molecule has 0 radical (unpaired) electrons. The third-order valence-corrected chi connectivity index (χ3v) is 7.59. The lowest BCUT2D eigenvalue weighted by atomic mass is 10.1. The topological polar surface area (TPSA) is 92.3 Å². The summed E-state index contributed by atoms with van der Waals surface area (Å²) < 4.78 is 92.9. The molecule has 1 fully saturated rings. The Morgan fingerprint density at radius 1 is 1.06 bits per heavy atom. The van der Waals surface area contributed by atoms with Crippen molar-refractivity contribution < 1.29 is 35.2 Å². The largest absolute Gasteiger partial charge is 0.416 e. The van der Waals surface area contributed by atoms with Gasteiger partial charge in [0.05, 0.1) is 28.4 Å². The predicted octanol–water partition coefficient (Wildman–Crippen LogP) is 3.91. The summed E-state index contributed by atoms with van der Waals surface area (Å²) >= 11 is 0. The molecule has 1 saturated heterocycles. The summed E-state index contributed by atoms with van der Waals surface area (Å²) in [7, 11) is -4.04. The van der Waals surface area contributed by atoms with Gasteiger partial charge in [0.15, 0.2) is 0 Å². The molecule has 0 aliphatic carbocycles. The number of rotatable bonds is 6. The summed E-state index contributed by atoms with van der Waals surface area (Å²) in [6, 6.07) is 6.67. The van der Waals surface area contributed by atoms with Gasteiger partial charge < -0.3 is 5.32 Å². The molecular weight excluding hydrogens is 507 g/mol. The van der Waals surface area contributed by atoms with E-state index in [1.807, 2.05) is 0 Å². The minimum atomic E-state index is -4.70. The van der Waals surface area contributed by atoms with E-state index >= 15 is 0 Å². The van der Waals surface area contributed by atoms with Gasteiger partial charge in [0, 0.05) is 12.1 Å². The number of nitrogens with one attached hydrogen (secondary N) is 1. The van der Waals surface area contributed by atoms with E-state index in [0.29, 0.717) is 12.5 Å². The smallest absolute Gasteiger partial charge is 0.349 e. The van der Waals surface area contributed by atoms with Gasteiger partial charge in [-0.25, -0.2) is 27.2 Å². The Balaban J connectivity index is 1.47. The lowest BCUT2D eigenvalue weighted by molar-refractivity contribution is -0.137. The number of sulfonamides is 1. The number of halogens is 5. The van der Waals surface area contributed by atoms with Crippen LogP contribution >= 0.6 is 0 Å². The highest BCUT2D eigenvalue weighted by molar-refractivity contribution is 7.89. The quantitative estimate of drug-likeness (QED) is 0.492. The van der Waals surface area contributed by atoms with Crippen molar-refractivity contribution in [2.24, 2.45) is 0 Å². The van der Waals surface area contributed by atoms with Gasteiger partial charge in [0.1, 0.15) is 24.0 Å². The van der Waals surface area contributed by atoms with Crippen LogP contribution in [0.25, 0.3) is 11.3 Å². The molecular formula is C23H19F5N4O3S. The van der Waals surface area contributed by atoms with Crippen molar-refractivity contribution in [1.29, 1.82) is 0 Å². The fraction of sp³-hybridized carbons (Fsp3) is 0.261. The number of carbonyl (C=O) groups excluding carboxylic acids is 1. The number of nitrogens with zero attached hydrogens (tertiary/aromatic N) is 3. The predicted molar refractivity (Wildman–Crippen MR) is 118 cm³/mol. The van der Waals surface area contributed by atoms with E-state index in [1.165, 1.54) is 6.07 Å². The first-order valence-corrected chi connectivity index (χ1v) is 12.1. The van der Waals surface area contributed by atoms with Gasteiger partial charge in [-0.3, -0.25) is 4.79 Å². The van der Waals surface area contributed by atoms with Crippen LogP contribution in [0.3, 0.4) is 0 Å². The number of benzene rings is 2. The lowest BCUT2D eigenvalue weighted by Crippen LogP contribution is -2.45. The van der Waals surface area contributed by atoms with Crippen LogP contribution < -0.4 is 5.32 Å². The Morgan fingerprint density at radius 2 is 1.78 bits per heavy atom. The summed E-state index contributed by atoms with van der Waals surface area (Å²) in [5.74, 6) is -2.30. The molecule has 3 aromatic rings. The molecule has 0 spiro atoms. The first-order chi connectivity index (χ1) is 17.0. The number of alkyl halides is 3. The first-order valence-electron chi connectivity index (χ1n) is 10.7. The van der Waals surface area contributed by atoms with Crippen LogP contribution in [-0.4, -0.2) is 41.2 Å². The maximum absolute atomic E-state index is 14.3. The standard InChI is InChI=1S/C23H19F5N4O3S/c24-15-4-6-17(7-5-15)36(34,35)32-9-1-2-21(32)22(33)29-12-16-11-20(31-13-30-16)18-8-3-14(10-19(18)25)23(26,27)28/h3-8,10-11,13,21H,1-2,9,12H2,(H,29,33). The van der Waals surface area contributed by atoms with E-state index in [1.54, 1.807) is 0 Å². The van der Waals surface area contributed by atoms with Gasteiger partial charge in [-0.15, -0.1) is 0 Å². The number of hydrogen-bond acceptors (Lipinski definition) is 5. The van der Waals surface area contributed by atoms with Gasteiger partial charge in [0.25, 0.3) is 0 Å². The second kappa shape index (κ2) is 9.90. The molecule has 190 valence electrons. The highest BCUT2D eigenvalue weighted by Gasteiger charge is 2.39. The molecule has 4 rings (SSSR count). The third-order valence-electron chi connectivity index (χ3n) is 5.67. The zero-order valence-corrected chi connectivity index (χ0v) is 19.3. The Hall–Kier alpha value is -3.45. The van der Waals surface area contributed by atoms with E-state index in [4.69, 9.17) is 0 Å².